The molecule has 1 heterocycles. The number of benzene rings is 1. The number of hydrogen-bond donors (Lipinski definition) is 2. The highest BCUT2D eigenvalue weighted by molar-refractivity contribution is 5.17. The van der Waals surface area contributed by atoms with E-state index in [2.05, 4.69) is 45.0 Å². The first-order chi connectivity index (χ1) is 7.90. The molecule has 0 bridgehead atoms. The molecular weight excluding hydrogens is 202 g/mol. The first-order valence-electron chi connectivity index (χ1n) is 5.41. The molecule has 1 aromatic carbocycles. The van der Waals surface area contributed by atoms with E-state index >= 15 is 0 Å². The molecule has 0 amide bonds. The van der Waals surface area contributed by atoms with Crippen molar-refractivity contribution in [3.63, 3.8) is 0 Å². The van der Waals surface area contributed by atoms with Gasteiger partial charge in [-0.1, -0.05) is 37.3 Å². The van der Waals surface area contributed by atoms with Gasteiger partial charge in [0.05, 0.1) is 6.04 Å². The molecule has 5 nitrogen and oxygen atoms in total. The van der Waals surface area contributed by atoms with E-state index in [0.29, 0.717) is 0 Å². The highest BCUT2D eigenvalue weighted by Crippen LogP contribution is 2.13. The molecule has 16 heavy (non-hydrogen) atoms. The lowest BCUT2D eigenvalue weighted by atomic mass is 10.1. The second-order valence-corrected chi connectivity index (χ2v) is 3.59. The van der Waals surface area contributed by atoms with Gasteiger partial charge >= 0.3 is 0 Å². The molecule has 0 aliphatic rings. The van der Waals surface area contributed by atoms with Gasteiger partial charge in [0.25, 0.3) is 0 Å². The maximum absolute atomic E-state index is 3.95. The third-order valence-corrected chi connectivity index (χ3v) is 2.42. The Bertz CT molecular complexity index is 398. The molecule has 0 fully saturated rings. The Hall–Kier alpha value is -1.75. The van der Waals surface area contributed by atoms with Crippen molar-refractivity contribution in [3.05, 3.63) is 41.7 Å². The van der Waals surface area contributed by atoms with Crippen LogP contribution in [0.4, 0.5) is 0 Å². The summed E-state index contributed by atoms with van der Waals surface area (Å²) < 4.78 is 0. The fourth-order valence-electron chi connectivity index (χ4n) is 1.68. The normalized spacial score (nSPS) is 12.6. The molecule has 0 radical (unpaired) electrons. The molecule has 0 aliphatic heterocycles. The van der Waals surface area contributed by atoms with Crippen LogP contribution < -0.4 is 5.32 Å². The number of aromatic nitrogens is 4. The summed E-state index contributed by atoms with van der Waals surface area (Å²) >= 11 is 0. The van der Waals surface area contributed by atoms with E-state index in [4.69, 9.17) is 0 Å². The molecule has 0 aliphatic carbocycles. The highest BCUT2D eigenvalue weighted by Gasteiger charge is 2.14. The van der Waals surface area contributed by atoms with E-state index in [1.54, 1.807) is 0 Å². The Balaban J connectivity index is 2.09. The summed E-state index contributed by atoms with van der Waals surface area (Å²) in [5.41, 5.74) is 1.27. The van der Waals surface area contributed by atoms with Gasteiger partial charge in [-0.25, -0.2) is 5.10 Å². The lowest BCUT2D eigenvalue weighted by molar-refractivity contribution is 0.522. The van der Waals surface area contributed by atoms with Crippen molar-refractivity contribution >= 4 is 0 Å². The van der Waals surface area contributed by atoms with Crippen molar-refractivity contribution < 1.29 is 0 Å². The molecule has 0 unspecified atom stereocenters. The van der Waals surface area contributed by atoms with Gasteiger partial charge in [-0.05, 0) is 29.0 Å². The molecule has 5 heteroatoms. The molecule has 2 aromatic rings. The standard InChI is InChI=1S/C11H15N5/c1-2-12-10(11-13-15-16-14-11)8-9-6-4-3-5-7-9/h3-7,10,12H,2,8H2,1H3,(H,13,14,15,16)/t10-/m0/s1. The average molecular weight is 217 g/mol. The Kier molecular flexibility index (Phi) is 3.61. The minimum atomic E-state index is 0.141. The number of aromatic amines is 1. The molecule has 0 saturated heterocycles. The van der Waals surface area contributed by atoms with Crippen LogP contribution in [0.1, 0.15) is 24.4 Å². The van der Waals surface area contributed by atoms with E-state index in [1.165, 1.54) is 5.56 Å². The summed E-state index contributed by atoms with van der Waals surface area (Å²) in [6.45, 7) is 2.96. The van der Waals surface area contributed by atoms with Crippen LogP contribution >= 0.6 is 0 Å². The number of nitrogens with zero attached hydrogens (tertiary/aromatic N) is 3. The van der Waals surface area contributed by atoms with Crippen LogP contribution in [-0.2, 0) is 6.42 Å². The quantitative estimate of drug-likeness (QED) is 0.787. The van der Waals surface area contributed by atoms with Crippen molar-refractivity contribution in [3.8, 4) is 0 Å². The minimum absolute atomic E-state index is 0.141. The second-order valence-electron chi connectivity index (χ2n) is 3.59. The van der Waals surface area contributed by atoms with Crippen LogP contribution in [0.15, 0.2) is 30.3 Å². The number of rotatable bonds is 5. The minimum Gasteiger partial charge on any atom is -0.307 e. The average Bonchev–Trinajstić information content (AvgIpc) is 2.83. The number of tetrazole rings is 1. The van der Waals surface area contributed by atoms with E-state index in [9.17, 15) is 0 Å². The lowest BCUT2D eigenvalue weighted by Crippen LogP contribution is -2.24. The maximum Gasteiger partial charge on any atom is 0.165 e. The SMILES string of the molecule is CCN[C@@H](Cc1ccccc1)c1nnn[nH]1. The summed E-state index contributed by atoms with van der Waals surface area (Å²) in [6, 6.07) is 10.4. The first kappa shape index (κ1) is 10.8. The number of hydrogen-bond acceptors (Lipinski definition) is 4. The van der Waals surface area contributed by atoms with Crippen molar-refractivity contribution in [2.75, 3.05) is 6.54 Å². The monoisotopic (exact) mass is 217 g/mol. The van der Waals surface area contributed by atoms with Crippen LogP contribution in [0.25, 0.3) is 0 Å². The van der Waals surface area contributed by atoms with E-state index < -0.39 is 0 Å². The number of H-pyrrole nitrogens is 1. The Morgan fingerprint density at radius 3 is 2.75 bits per heavy atom. The fraction of sp³-hybridized carbons (Fsp3) is 0.364. The van der Waals surface area contributed by atoms with Gasteiger partial charge in [-0.2, -0.15) is 0 Å². The van der Waals surface area contributed by atoms with Crippen LogP contribution in [0.3, 0.4) is 0 Å². The Morgan fingerprint density at radius 2 is 2.12 bits per heavy atom. The van der Waals surface area contributed by atoms with Crippen LogP contribution in [0.2, 0.25) is 0 Å². The molecule has 2 N–H and O–H groups in total. The van der Waals surface area contributed by atoms with Gasteiger partial charge in [-0.15, -0.1) is 5.10 Å². The first-order valence-corrected chi connectivity index (χ1v) is 5.41. The van der Waals surface area contributed by atoms with E-state index in [1.807, 2.05) is 18.2 Å². The zero-order valence-electron chi connectivity index (χ0n) is 9.22. The van der Waals surface area contributed by atoms with Crippen molar-refractivity contribution in [1.82, 2.24) is 25.9 Å². The molecule has 0 spiro atoms. The molecular formula is C11H15N5. The van der Waals surface area contributed by atoms with E-state index in [-0.39, 0.29) is 6.04 Å². The van der Waals surface area contributed by atoms with E-state index in [0.717, 1.165) is 18.8 Å². The van der Waals surface area contributed by atoms with Crippen molar-refractivity contribution in [2.24, 2.45) is 0 Å². The largest absolute Gasteiger partial charge is 0.307 e. The summed E-state index contributed by atoms with van der Waals surface area (Å²) in [6.07, 6.45) is 0.881. The summed E-state index contributed by atoms with van der Waals surface area (Å²) in [4.78, 5) is 0. The zero-order chi connectivity index (χ0) is 11.2. The summed E-state index contributed by atoms with van der Waals surface area (Å²) in [5.74, 6) is 0.783. The zero-order valence-corrected chi connectivity index (χ0v) is 9.22. The number of likely N-dealkylation sites (N-methyl/N-ethyl adjacent to an activating group) is 1. The van der Waals surface area contributed by atoms with Gasteiger partial charge in [0, 0.05) is 0 Å². The van der Waals surface area contributed by atoms with Gasteiger partial charge < -0.3 is 5.32 Å². The lowest BCUT2D eigenvalue weighted by Gasteiger charge is -2.14. The van der Waals surface area contributed by atoms with Gasteiger partial charge in [-0.3, -0.25) is 0 Å². The fourth-order valence-corrected chi connectivity index (χ4v) is 1.68. The Labute approximate surface area is 94.3 Å². The Morgan fingerprint density at radius 1 is 1.31 bits per heavy atom. The predicted molar refractivity (Wildman–Crippen MR) is 60.7 cm³/mol. The maximum atomic E-state index is 3.95. The smallest absolute Gasteiger partial charge is 0.165 e. The van der Waals surface area contributed by atoms with Crippen LogP contribution in [-0.4, -0.2) is 27.2 Å². The van der Waals surface area contributed by atoms with Gasteiger partial charge in [0.1, 0.15) is 0 Å². The molecule has 0 saturated carbocycles. The van der Waals surface area contributed by atoms with Crippen LogP contribution in [0, 0.1) is 0 Å². The highest BCUT2D eigenvalue weighted by atomic mass is 15.5. The second kappa shape index (κ2) is 5.37. The van der Waals surface area contributed by atoms with Gasteiger partial charge in [0.2, 0.25) is 0 Å². The van der Waals surface area contributed by atoms with Gasteiger partial charge in [0.15, 0.2) is 5.82 Å². The van der Waals surface area contributed by atoms with Crippen molar-refractivity contribution in [2.45, 2.75) is 19.4 Å². The predicted octanol–water partition coefficient (Wildman–Crippen LogP) is 1.09. The third-order valence-electron chi connectivity index (χ3n) is 2.42. The molecule has 1 atom stereocenters. The number of nitrogens with one attached hydrogen (secondary N) is 2. The molecule has 1 aromatic heterocycles. The topological polar surface area (TPSA) is 66.5 Å². The summed E-state index contributed by atoms with van der Waals surface area (Å²) in [7, 11) is 0. The van der Waals surface area contributed by atoms with Crippen molar-refractivity contribution in [1.29, 1.82) is 0 Å². The molecule has 2 rings (SSSR count). The third kappa shape index (κ3) is 2.64. The van der Waals surface area contributed by atoms with Crippen LogP contribution in [0.5, 0.6) is 0 Å². The summed E-state index contributed by atoms with van der Waals surface area (Å²) in [5, 5.41) is 17.3. The molecule has 84 valence electrons.